The highest BCUT2D eigenvalue weighted by atomic mass is 35.5. The molecule has 6 rings (SSSR count). The van der Waals surface area contributed by atoms with Crippen molar-refractivity contribution < 1.29 is 14.4 Å². The molecule has 5 aromatic carbocycles. The van der Waals surface area contributed by atoms with Crippen LogP contribution in [0.5, 0.6) is 0 Å². The molecule has 11 heteroatoms. The van der Waals surface area contributed by atoms with E-state index in [-0.39, 0.29) is 11.6 Å². The molecule has 7 nitrogen and oxygen atoms in total. The van der Waals surface area contributed by atoms with Crippen molar-refractivity contribution in [2.24, 2.45) is 0 Å². The highest BCUT2D eigenvalue weighted by molar-refractivity contribution is 8.00. The van der Waals surface area contributed by atoms with Gasteiger partial charge >= 0.3 is 0 Å². The number of hydrogen-bond acceptors (Lipinski definition) is 6. The molecule has 0 fully saturated rings. The number of nitrogens with one attached hydrogen (secondary N) is 3. The third kappa shape index (κ3) is 9.07. The Balaban J connectivity index is 1.17. The molecule has 0 saturated carbocycles. The van der Waals surface area contributed by atoms with E-state index in [9.17, 15) is 14.4 Å². The van der Waals surface area contributed by atoms with Gasteiger partial charge in [-0.15, -0.1) is 23.1 Å². The molecule has 3 N–H and O–H groups in total. The Morgan fingerprint density at radius 1 is 0.740 bits per heavy atom. The zero-order valence-corrected chi connectivity index (χ0v) is 29.3. The van der Waals surface area contributed by atoms with Gasteiger partial charge in [0.15, 0.2) is 5.13 Å². The molecule has 1 aromatic heterocycles. The minimum absolute atomic E-state index is 0.0209. The van der Waals surface area contributed by atoms with Crippen LogP contribution < -0.4 is 16.0 Å². The van der Waals surface area contributed by atoms with Crippen LogP contribution in [0.3, 0.4) is 0 Å². The Labute approximate surface area is 307 Å². The van der Waals surface area contributed by atoms with Crippen molar-refractivity contribution in [3.8, 4) is 11.3 Å². The van der Waals surface area contributed by atoms with Gasteiger partial charge in [0.05, 0.1) is 5.69 Å². The van der Waals surface area contributed by atoms with Gasteiger partial charge in [-0.25, -0.2) is 4.98 Å². The number of carbonyl (C=O) groups excluding carboxylic acids is 3. The number of aromatic nitrogens is 1. The first-order valence-electron chi connectivity index (χ1n) is 15.3. The number of halogens is 2. The lowest BCUT2D eigenvalue weighted by Crippen LogP contribution is -2.30. The number of benzene rings is 5. The van der Waals surface area contributed by atoms with E-state index in [2.05, 4.69) is 20.9 Å². The van der Waals surface area contributed by atoms with Gasteiger partial charge in [-0.2, -0.15) is 0 Å². The Bertz CT molecular complexity index is 2140. The van der Waals surface area contributed by atoms with Crippen molar-refractivity contribution in [2.45, 2.75) is 10.1 Å². The van der Waals surface area contributed by atoms with Crippen molar-refractivity contribution in [2.75, 3.05) is 10.6 Å². The summed E-state index contributed by atoms with van der Waals surface area (Å²) in [6.45, 7) is 0. The van der Waals surface area contributed by atoms with Crippen molar-refractivity contribution in [3.63, 3.8) is 0 Å². The van der Waals surface area contributed by atoms with Crippen LogP contribution in [-0.2, 0) is 9.59 Å². The summed E-state index contributed by atoms with van der Waals surface area (Å²) >= 11 is 15.1. The van der Waals surface area contributed by atoms with E-state index in [0.717, 1.165) is 21.7 Å². The smallest absolute Gasteiger partial charge is 0.272 e. The van der Waals surface area contributed by atoms with Crippen LogP contribution in [0.15, 0.2) is 149 Å². The lowest BCUT2D eigenvalue weighted by atomic mass is 10.1. The van der Waals surface area contributed by atoms with Crippen LogP contribution in [0.1, 0.15) is 26.7 Å². The second-order valence-corrected chi connectivity index (χ2v) is 13.7. The van der Waals surface area contributed by atoms with Crippen LogP contribution in [0.25, 0.3) is 17.3 Å². The quantitative estimate of drug-likeness (QED) is 0.0909. The molecular formula is C39H28Cl2N4O3S2. The van der Waals surface area contributed by atoms with Crippen molar-refractivity contribution in [1.29, 1.82) is 0 Å². The minimum atomic E-state index is -0.585. The van der Waals surface area contributed by atoms with Crippen molar-refractivity contribution in [3.05, 3.63) is 171 Å². The normalized spacial score (nSPS) is 11.8. The summed E-state index contributed by atoms with van der Waals surface area (Å²) in [7, 11) is 0. The fourth-order valence-electron chi connectivity index (χ4n) is 4.80. The molecule has 0 aliphatic heterocycles. The van der Waals surface area contributed by atoms with E-state index in [0.29, 0.717) is 32.0 Å². The fraction of sp³-hybridized carbons (Fsp3) is 0.0256. The molecule has 0 saturated heterocycles. The first kappa shape index (κ1) is 34.7. The highest BCUT2D eigenvalue weighted by Gasteiger charge is 2.24. The molecule has 1 heterocycles. The molecule has 0 spiro atoms. The summed E-state index contributed by atoms with van der Waals surface area (Å²) in [5.41, 5.74) is 3.96. The second kappa shape index (κ2) is 16.5. The number of thiazole rings is 1. The lowest BCUT2D eigenvalue weighted by Gasteiger charge is -2.17. The Morgan fingerprint density at radius 3 is 2.10 bits per heavy atom. The van der Waals surface area contributed by atoms with Gasteiger partial charge in [-0.1, -0.05) is 102 Å². The molecule has 0 aliphatic rings. The summed E-state index contributed by atoms with van der Waals surface area (Å²) in [6.07, 6.45) is 1.53. The van der Waals surface area contributed by atoms with Gasteiger partial charge in [0, 0.05) is 37.1 Å². The lowest BCUT2D eigenvalue weighted by molar-refractivity contribution is -0.116. The molecule has 50 heavy (non-hydrogen) atoms. The molecule has 248 valence electrons. The van der Waals surface area contributed by atoms with Gasteiger partial charge in [-0.3, -0.25) is 14.4 Å². The van der Waals surface area contributed by atoms with Crippen LogP contribution in [0, 0.1) is 0 Å². The van der Waals surface area contributed by atoms with Crippen molar-refractivity contribution in [1.82, 2.24) is 10.3 Å². The number of anilines is 2. The largest absolute Gasteiger partial charge is 0.321 e. The average molecular weight is 736 g/mol. The first-order valence-corrected chi connectivity index (χ1v) is 17.8. The number of hydrogen-bond donors (Lipinski definition) is 3. The number of nitrogens with zero attached hydrogens (tertiary/aromatic N) is 1. The standard InChI is InChI=1S/C39H28Cl2N4O3S2/c40-29-17-15-25(16-18-29)34-24-49-39(44-34)45-38(48)35(26-9-3-1-4-10-26)50-31-21-19-30(20-22-31)42-37(47)33(23-28-13-7-8-14-32(28)41)43-36(46)27-11-5-2-6-12-27/h1-24,35H,(H,42,47)(H,43,46)(H,44,45,48)/b33-23-. The maximum absolute atomic E-state index is 13.7. The van der Waals surface area contributed by atoms with E-state index in [1.165, 1.54) is 29.2 Å². The minimum Gasteiger partial charge on any atom is -0.321 e. The summed E-state index contributed by atoms with van der Waals surface area (Å²) in [4.78, 5) is 45.6. The Morgan fingerprint density at radius 2 is 1.40 bits per heavy atom. The van der Waals surface area contributed by atoms with Crippen LogP contribution in [0.2, 0.25) is 10.0 Å². The first-order chi connectivity index (χ1) is 24.3. The summed E-state index contributed by atoms with van der Waals surface area (Å²) in [6, 6.07) is 39.6. The molecule has 1 unspecified atom stereocenters. The maximum atomic E-state index is 13.7. The molecule has 0 bridgehead atoms. The van der Waals surface area contributed by atoms with E-state index in [1.807, 2.05) is 60.0 Å². The van der Waals surface area contributed by atoms with E-state index in [4.69, 9.17) is 23.2 Å². The summed E-state index contributed by atoms with van der Waals surface area (Å²) < 4.78 is 0. The summed E-state index contributed by atoms with van der Waals surface area (Å²) in [5, 5.41) is 11.4. The predicted octanol–water partition coefficient (Wildman–Crippen LogP) is 10.00. The SMILES string of the molecule is O=C(Nc1ccc(SC(C(=O)Nc2nc(-c3ccc(Cl)cc3)cs2)c2ccccc2)cc1)/C(=C/c1ccccc1Cl)NC(=O)c1ccccc1. The van der Waals surface area contributed by atoms with Gasteiger partial charge in [0.1, 0.15) is 10.9 Å². The average Bonchev–Trinajstić information content (AvgIpc) is 3.61. The molecule has 1 atom stereocenters. The third-order valence-electron chi connectivity index (χ3n) is 7.31. The number of rotatable bonds is 11. The molecule has 6 aromatic rings. The molecule has 0 aliphatic carbocycles. The maximum Gasteiger partial charge on any atom is 0.272 e. The fourth-order valence-corrected chi connectivity index (χ4v) is 6.86. The van der Waals surface area contributed by atoms with Crippen molar-refractivity contribution >= 4 is 80.9 Å². The van der Waals surface area contributed by atoms with Gasteiger partial charge in [0.2, 0.25) is 5.91 Å². The predicted molar refractivity (Wildman–Crippen MR) is 205 cm³/mol. The topological polar surface area (TPSA) is 100 Å². The van der Waals surface area contributed by atoms with Gasteiger partial charge < -0.3 is 16.0 Å². The number of thioether (sulfide) groups is 1. The Kier molecular flexibility index (Phi) is 11.4. The Hall–Kier alpha value is -5.19. The zero-order chi connectivity index (χ0) is 34.9. The van der Waals surface area contributed by atoms with E-state index >= 15 is 0 Å². The third-order valence-corrected chi connectivity index (χ3v) is 9.93. The van der Waals surface area contributed by atoms with Gasteiger partial charge in [0.25, 0.3) is 11.8 Å². The van der Waals surface area contributed by atoms with Crippen LogP contribution >= 0.6 is 46.3 Å². The molecule has 0 radical (unpaired) electrons. The molecule has 3 amide bonds. The highest BCUT2D eigenvalue weighted by Crippen LogP contribution is 2.37. The van der Waals surface area contributed by atoms with Crippen LogP contribution in [-0.4, -0.2) is 22.7 Å². The monoisotopic (exact) mass is 734 g/mol. The zero-order valence-electron chi connectivity index (χ0n) is 26.2. The number of amides is 3. The van der Waals surface area contributed by atoms with E-state index < -0.39 is 17.1 Å². The second-order valence-electron chi connectivity index (χ2n) is 10.8. The van der Waals surface area contributed by atoms with E-state index in [1.54, 1.807) is 78.9 Å². The molecular weight excluding hydrogens is 707 g/mol. The summed E-state index contributed by atoms with van der Waals surface area (Å²) in [5.74, 6) is -1.19. The van der Waals surface area contributed by atoms with Gasteiger partial charge in [-0.05, 0) is 71.8 Å². The number of carbonyl (C=O) groups is 3. The van der Waals surface area contributed by atoms with Crippen LogP contribution in [0.4, 0.5) is 10.8 Å².